The predicted molar refractivity (Wildman–Crippen MR) is 73.0 cm³/mol. The minimum absolute atomic E-state index is 0.0222. The first-order chi connectivity index (χ1) is 8.56. The zero-order valence-corrected chi connectivity index (χ0v) is 11.2. The van der Waals surface area contributed by atoms with E-state index < -0.39 is 0 Å². The number of thiazole rings is 1. The van der Waals surface area contributed by atoms with E-state index in [0.29, 0.717) is 12.3 Å². The summed E-state index contributed by atoms with van der Waals surface area (Å²) in [4.78, 5) is 13.7. The summed E-state index contributed by atoms with van der Waals surface area (Å²) in [5, 5.41) is 14.9. The molecule has 0 saturated heterocycles. The van der Waals surface area contributed by atoms with Crippen molar-refractivity contribution in [2.24, 2.45) is 0 Å². The lowest BCUT2D eigenvalue weighted by molar-refractivity contribution is 0.451. The maximum absolute atomic E-state index is 11.0. The van der Waals surface area contributed by atoms with Crippen LogP contribution < -0.4 is 10.2 Å². The van der Waals surface area contributed by atoms with Crippen molar-refractivity contribution in [3.8, 4) is 5.75 Å². The smallest absolute Gasteiger partial charge is 0.304 e. The van der Waals surface area contributed by atoms with Gasteiger partial charge in [-0.05, 0) is 25.5 Å². The minimum Gasteiger partial charge on any atom is -0.508 e. The minimum atomic E-state index is -0.0439. The largest absolute Gasteiger partial charge is 0.508 e. The summed E-state index contributed by atoms with van der Waals surface area (Å²) in [5.74, 6) is 0.300. The van der Waals surface area contributed by atoms with Gasteiger partial charge in [-0.25, -0.2) is 0 Å². The fraction of sp³-hybridized carbons (Fsp3) is 0.308. The number of phenols is 1. The highest BCUT2D eigenvalue weighted by Gasteiger charge is 2.10. The van der Waals surface area contributed by atoms with Gasteiger partial charge in [0.1, 0.15) is 5.75 Å². The lowest BCUT2D eigenvalue weighted by Crippen LogP contribution is -2.18. The number of aromatic amines is 1. The van der Waals surface area contributed by atoms with Gasteiger partial charge >= 0.3 is 4.87 Å². The lowest BCUT2D eigenvalue weighted by atomic mass is 10.1. The van der Waals surface area contributed by atoms with E-state index in [1.165, 1.54) is 0 Å². The summed E-state index contributed by atoms with van der Waals surface area (Å²) in [6.07, 6.45) is 0. The Morgan fingerprint density at radius 2 is 2.28 bits per heavy atom. The van der Waals surface area contributed by atoms with Crippen LogP contribution in [0, 0.1) is 6.92 Å². The third kappa shape index (κ3) is 3.00. The van der Waals surface area contributed by atoms with E-state index in [9.17, 15) is 9.90 Å². The number of rotatable bonds is 4. The van der Waals surface area contributed by atoms with Gasteiger partial charge in [-0.2, -0.15) is 0 Å². The second kappa shape index (κ2) is 5.37. The van der Waals surface area contributed by atoms with Crippen LogP contribution in [0.4, 0.5) is 0 Å². The average Bonchev–Trinajstić information content (AvgIpc) is 2.72. The van der Waals surface area contributed by atoms with Gasteiger partial charge < -0.3 is 15.4 Å². The molecular formula is C13H16N2O2S. The Kier molecular flexibility index (Phi) is 3.84. The summed E-state index contributed by atoms with van der Waals surface area (Å²) < 4.78 is 0. The number of aromatic nitrogens is 1. The Bertz CT molecular complexity index is 589. The normalized spacial score (nSPS) is 12.6. The molecule has 4 nitrogen and oxygen atoms in total. The van der Waals surface area contributed by atoms with Crippen LogP contribution in [0.1, 0.15) is 29.8 Å². The van der Waals surface area contributed by atoms with Crippen LogP contribution in [-0.4, -0.2) is 10.1 Å². The van der Waals surface area contributed by atoms with Gasteiger partial charge in [-0.3, -0.25) is 4.79 Å². The molecule has 2 rings (SSSR count). The summed E-state index contributed by atoms with van der Waals surface area (Å²) >= 11 is 1.16. The van der Waals surface area contributed by atoms with Crippen LogP contribution in [0.25, 0.3) is 0 Å². The molecule has 0 saturated carbocycles. The molecule has 0 radical (unpaired) electrons. The van der Waals surface area contributed by atoms with Crippen LogP contribution in [0.3, 0.4) is 0 Å². The number of phenolic OH excluding ortho intramolecular Hbond substituents is 1. The van der Waals surface area contributed by atoms with E-state index in [0.717, 1.165) is 28.2 Å². The highest BCUT2D eigenvalue weighted by Crippen LogP contribution is 2.24. The number of H-pyrrole nitrogens is 1. The molecule has 0 bridgehead atoms. The molecule has 1 atom stereocenters. The standard InChI is InChI=1S/C13H16N2O2S/c1-8-3-4-11(12(16)5-8)9(2)14-6-10-7-18-13(17)15-10/h3-5,7,9,14,16H,6H2,1-2H3,(H,15,17). The van der Waals surface area contributed by atoms with E-state index in [-0.39, 0.29) is 10.9 Å². The molecule has 1 aromatic carbocycles. The Hall–Kier alpha value is -1.59. The second-order valence-corrected chi connectivity index (χ2v) is 5.18. The molecule has 2 aromatic rings. The van der Waals surface area contributed by atoms with E-state index in [2.05, 4.69) is 10.3 Å². The molecule has 0 amide bonds. The maximum atomic E-state index is 11.0. The third-order valence-electron chi connectivity index (χ3n) is 2.82. The Balaban J connectivity index is 2.03. The number of aryl methyl sites for hydroxylation is 1. The van der Waals surface area contributed by atoms with Crippen molar-refractivity contribution < 1.29 is 5.11 Å². The average molecular weight is 264 g/mol. The van der Waals surface area contributed by atoms with E-state index in [4.69, 9.17) is 0 Å². The third-order valence-corrected chi connectivity index (χ3v) is 3.54. The first kappa shape index (κ1) is 12.9. The first-order valence-electron chi connectivity index (χ1n) is 5.76. The summed E-state index contributed by atoms with van der Waals surface area (Å²) in [7, 11) is 0. The van der Waals surface area contributed by atoms with Gasteiger partial charge in [0.05, 0.1) is 0 Å². The molecule has 1 heterocycles. The van der Waals surface area contributed by atoms with Crippen LogP contribution >= 0.6 is 11.3 Å². The number of hydrogen-bond donors (Lipinski definition) is 3. The lowest BCUT2D eigenvalue weighted by Gasteiger charge is -2.15. The van der Waals surface area contributed by atoms with E-state index in [1.54, 1.807) is 11.4 Å². The number of hydrogen-bond acceptors (Lipinski definition) is 4. The second-order valence-electron chi connectivity index (χ2n) is 4.34. The monoisotopic (exact) mass is 264 g/mol. The van der Waals surface area contributed by atoms with Crippen molar-refractivity contribution in [1.82, 2.24) is 10.3 Å². The van der Waals surface area contributed by atoms with Gasteiger partial charge in [0, 0.05) is 29.2 Å². The predicted octanol–water partition coefficient (Wildman–Crippen LogP) is 2.30. The van der Waals surface area contributed by atoms with Crippen molar-refractivity contribution in [2.45, 2.75) is 26.4 Å². The highest BCUT2D eigenvalue weighted by molar-refractivity contribution is 7.07. The number of nitrogens with one attached hydrogen (secondary N) is 2. The molecule has 18 heavy (non-hydrogen) atoms. The molecule has 0 aliphatic heterocycles. The molecule has 5 heteroatoms. The molecular weight excluding hydrogens is 248 g/mol. The maximum Gasteiger partial charge on any atom is 0.304 e. The van der Waals surface area contributed by atoms with Crippen LogP contribution in [0.2, 0.25) is 0 Å². The van der Waals surface area contributed by atoms with Crippen molar-refractivity contribution in [1.29, 1.82) is 0 Å². The highest BCUT2D eigenvalue weighted by atomic mass is 32.1. The fourth-order valence-corrected chi connectivity index (χ4v) is 2.37. The van der Waals surface area contributed by atoms with Gasteiger partial charge in [0.2, 0.25) is 0 Å². The molecule has 0 spiro atoms. The summed E-state index contributed by atoms with van der Waals surface area (Å²) in [5.41, 5.74) is 2.76. The van der Waals surface area contributed by atoms with Gasteiger partial charge in [0.25, 0.3) is 0 Å². The topological polar surface area (TPSA) is 65.1 Å². The van der Waals surface area contributed by atoms with Crippen molar-refractivity contribution in [3.05, 3.63) is 50.1 Å². The summed E-state index contributed by atoms with van der Waals surface area (Å²) in [6.45, 7) is 4.50. The van der Waals surface area contributed by atoms with Crippen molar-refractivity contribution in [2.75, 3.05) is 0 Å². The van der Waals surface area contributed by atoms with Gasteiger partial charge in [0.15, 0.2) is 0 Å². The molecule has 1 unspecified atom stereocenters. The Morgan fingerprint density at radius 1 is 1.50 bits per heavy atom. The van der Waals surface area contributed by atoms with Crippen LogP contribution in [0.5, 0.6) is 5.75 Å². The van der Waals surface area contributed by atoms with Crippen LogP contribution in [-0.2, 0) is 6.54 Å². The molecule has 1 aromatic heterocycles. The first-order valence-corrected chi connectivity index (χ1v) is 6.64. The quantitative estimate of drug-likeness (QED) is 0.794. The van der Waals surface area contributed by atoms with Crippen molar-refractivity contribution >= 4 is 11.3 Å². The van der Waals surface area contributed by atoms with Gasteiger partial charge in [-0.15, -0.1) is 0 Å². The molecule has 0 aliphatic rings. The molecule has 96 valence electrons. The molecule has 3 N–H and O–H groups in total. The Labute approximate surface area is 109 Å². The summed E-state index contributed by atoms with van der Waals surface area (Å²) in [6, 6.07) is 5.66. The van der Waals surface area contributed by atoms with Gasteiger partial charge in [-0.1, -0.05) is 23.5 Å². The molecule has 0 aliphatic carbocycles. The van der Waals surface area contributed by atoms with E-state index in [1.807, 2.05) is 26.0 Å². The molecule has 0 fully saturated rings. The SMILES string of the molecule is Cc1ccc(C(C)NCc2csc(=O)[nH]2)c(O)c1. The number of benzene rings is 1. The van der Waals surface area contributed by atoms with Crippen LogP contribution in [0.15, 0.2) is 28.4 Å². The fourth-order valence-electron chi connectivity index (χ4n) is 1.79. The van der Waals surface area contributed by atoms with E-state index >= 15 is 0 Å². The Morgan fingerprint density at radius 3 is 2.89 bits per heavy atom. The number of aromatic hydroxyl groups is 1. The van der Waals surface area contributed by atoms with Crippen molar-refractivity contribution in [3.63, 3.8) is 0 Å². The zero-order chi connectivity index (χ0) is 13.1. The zero-order valence-electron chi connectivity index (χ0n) is 10.4.